The molecule has 4 rings (SSSR count). The van der Waals surface area contributed by atoms with E-state index in [1.807, 2.05) is 36.5 Å². The van der Waals surface area contributed by atoms with E-state index in [2.05, 4.69) is 15.7 Å². The standard InChI is InChI=1S/C19H24N4O2.ClH/c24-18(19(8-11-20-12-9-19)23-13-1-10-21-23)22-16-4-6-17(7-5-16)25-14-15-2-3-15;/h1,4-7,10,13,15,20H,2-3,8-9,11-12,14H2,(H,22,24);1H. The molecule has 1 saturated carbocycles. The Balaban J connectivity index is 0.00000196. The Hall–Kier alpha value is -2.05. The molecule has 0 atom stereocenters. The average Bonchev–Trinajstić information content (AvgIpc) is 3.32. The van der Waals surface area contributed by atoms with Gasteiger partial charge in [0.05, 0.1) is 6.61 Å². The third kappa shape index (κ3) is 4.02. The molecule has 2 aliphatic rings. The molecule has 0 unspecified atom stereocenters. The lowest BCUT2D eigenvalue weighted by Gasteiger charge is -2.36. The number of anilines is 1. The van der Waals surface area contributed by atoms with Crippen molar-refractivity contribution in [3.63, 3.8) is 0 Å². The van der Waals surface area contributed by atoms with Crippen molar-refractivity contribution in [2.24, 2.45) is 5.92 Å². The van der Waals surface area contributed by atoms with Gasteiger partial charge in [0.2, 0.25) is 0 Å². The number of aromatic nitrogens is 2. The zero-order valence-corrected chi connectivity index (χ0v) is 15.5. The van der Waals surface area contributed by atoms with Gasteiger partial charge in [-0.2, -0.15) is 5.10 Å². The molecule has 0 bridgehead atoms. The zero-order valence-electron chi connectivity index (χ0n) is 14.7. The molecule has 0 radical (unpaired) electrons. The van der Waals surface area contributed by atoms with Crippen molar-refractivity contribution in [1.82, 2.24) is 15.1 Å². The van der Waals surface area contributed by atoms with Crippen LogP contribution in [0.25, 0.3) is 0 Å². The molecule has 140 valence electrons. The number of nitrogens with one attached hydrogen (secondary N) is 2. The number of nitrogens with zero attached hydrogens (tertiary/aromatic N) is 2. The maximum absolute atomic E-state index is 13.1. The van der Waals surface area contributed by atoms with Crippen molar-refractivity contribution in [3.05, 3.63) is 42.7 Å². The topological polar surface area (TPSA) is 68.2 Å². The fraction of sp³-hybridized carbons (Fsp3) is 0.474. The SMILES string of the molecule is Cl.O=C(Nc1ccc(OCC2CC2)cc1)C1(n2cccn2)CCNCC1. The first-order valence-corrected chi connectivity index (χ1v) is 9.01. The first kappa shape index (κ1) is 18.7. The fourth-order valence-electron chi connectivity index (χ4n) is 3.30. The number of halogens is 1. The van der Waals surface area contributed by atoms with Gasteiger partial charge < -0.3 is 15.4 Å². The van der Waals surface area contributed by atoms with Crippen LogP contribution in [0.2, 0.25) is 0 Å². The lowest BCUT2D eigenvalue weighted by atomic mass is 9.87. The second kappa shape index (κ2) is 8.10. The molecule has 1 aromatic carbocycles. The highest BCUT2D eigenvalue weighted by Gasteiger charge is 2.42. The van der Waals surface area contributed by atoms with Gasteiger partial charge >= 0.3 is 0 Å². The number of ether oxygens (including phenoxy) is 1. The summed E-state index contributed by atoms with van der Waals surface area (Å²) < 4.78 is 7.55. The van der Waals surface area contributed by atoms with Crippen LogP contribution >= 0.6 is 12.4 Å². The van der Waals surface area contributed by atoms with Crippen molar-refractivity contribution >= 4 is 24.0 Å². The molecule has 2 fully saturated rings. The molecule has 2 heterocycles. The number of carbonyl (C=O) groups is 1. The van der Waals surface area contributed by atoms with E-state index in [4.69, 9.17) is 4.74 Å². The maximum Gasteiger partial charge on any atom is 0.252 e. The number of benzene rings is 1. The summed E-state index contributed by atoms with van der Waals surface area (Å²) in [5, 5.41) is 10.7. The summed E-state index contributed by atoms with van der Waals surface area (Å²) in [7, 11) is 0. The second-order valence-corrected chi connectivity index (χ2v) is 6.97. The molecule has 2 aromatic rings. The van der Waals surface area contributed by atoms with Gasteiger partial charge in [0.25, 0.3) is 5.91 Å². The molecule has 1 saturated heterocycles. The molecule has 1 aliphatic carbocycles. The smallest absolute Gasteiger partial charge is 0.252 e. The van der Waals surface area contributed by atoms with Crippen LogP contribution in [0.1, 0.15) is 25.7 Å². The number of piperidine rings is 1. The van der Waals surface area contributed by atoms with E-state index in [9.17, 15) is 4.79 Å². The first-order chi connectivity index (χ1) is 12.3. The van der Waals surface area contributed by atoms with Gasteiger partial charge in [-0.3, -0.25) is 9.48 Å². The van der Waals surface area contributed by atoms with Crippen LogP contribution < -0.4 is 15.4 Å². The Labute approximate surface area is 159 Å². The Kier molecular flexibility index (Phi) is 5.84. The van der Waals surface area contributed by atoms with E-state index >= 15 is 0 Å². The normalized spacial score (nSPS) is 18.6. The number of hydrogen-bond acceptors (Lipinski definition) is 4. The number of hydrogen-bond donors (Lipinski definition) is 2. The molecule has 1 amide bonds. The van der Waals surface area contributed by atoms with Crippen LogP contribution in [0.5, 0.6) is 5.75 Å². The highest BCUT2D eigenvalue weighted by Crippen LogP contribution is 2.31. The van der Waals surface area contributed by atoms with E-state index in [0.717, 1.165) is 49.9 Å². The quantitative estimate of drug-likeness (QED) is 0.813. The van der Waals surface area contributed by atoms with Gasteiger partial charge in [0.1, 0.15) is 11.3 Å². The van der Waals surface area contributed by atoms with Crippen LogP contribution in [-0.4, -0.2) is 35.4 Å². The summed E-state index contributed by atoms with van der Waals surface area (Å²) in [6.45, 7) is 2.41. The van der Waals surface area contributed by atoms with E-state index in [-0.39, 0.29) is 18.3 Å². The summed E-state index contributed by atoms with van der Waals surface area (Å²) in [6.07, 6.45) is 7.60. The van der Waals surface area contributed by atoms with Crippen LogP contribution in [0.4, 0.5) is 5.69 Å². The van der Waals surface area contributed by atoms with Gasteiger partial charge in [-0.1, -0.05) is 0 Å². The monoisotopic (exact) mass is 376 g/mol. The minimum Gasteiger partial charge on any atom is -0.493 e. The van der Waals surface area contributed by atoms with Gasteiger partial charge in [-0.15, -0.1) is 12.4 Å². The summed E-state index contributed by atoms with van der Waals surface area (Å²) in [6, 6.07) is 9.50. The van der Waals surface area contributed by atoms with E-state index < -0.39 is 5.54 Å². The van der Waals surface area contributed by atoms with E-state index in [1.165, 1.54) is 12.8 Å². The van der Waals surface area contributed by atoms with Crippen molar-refractivity contribution in [2.75, 3.05) is 25.0 Å². The maximum atomic E-state index is 13.1. The highest BCUT2D eigenvalue weighted by molar-refractivity contribution is 5.96. The first-order valence-electron chi connectivity index (χ1n) is 9.01. The molecule has 6 nitrogen and oxygen atoms in total. The molecule has 2 N–H and O–H groups in total. The Morgan fingerprint density at radius 3 is 2.62 bits per heavy atom. The minimum absolute atomic E-state index is 0. The molecule has 0 spiro atoms. The third-order valence-electron chi connectivity index (χ3n) is 5.09. The predicted octanol–water partition coefficient (Wildman–Crippen LogP) is 2.81. The molecule has 1 aromatic heterocycles. The minimum atomic E-state index is -0.629. The van der Waals surface area contributed by atoms with Gasteiger partial charge in [-0.05, 0) is 75.0 Å². The lowest BCUT2D eigenvalue weighted by molar-refractivity contribution is -0.126. The molecule has 7 heteroatoms. The molecular weight excluding hydrogens is 352 g/mol. The van der Waals surface area contributed by atoms with Gasteiger partial charge in [0, 0.05) is 18.1 Å². The average molecular weight is 377 g/mol. The van der Waals surface area contributed by atoms with Gasteiger partial charge in [0.15, 0.2) is 0 Å². The van der Waals surface area contributed by atoms with Gasteiger partial charge in [-0.25, -0.2) is 0 Å². The Morgan fingerprint density at radius 2 is 2.00 bits per heavy atom. The summed E-state index contributed by atoms with van der Waals surface area (Å²) >= 11 is 0. The highest BCUT2D eigenvalue weighted by atomic mass is 35.5. The van der Waals surface area contributed by atoms with E-state index in [1.54, 1.807) is 10.9 Å². The second-order valence-electron chi connectivity index (χ2n) is 6.97. The van der Waals surface area contributed by atoms with Crippen molar-refractivity contribution in [2.45, 2.75) is 31.2 Å². The van der Waals surface area contributed by atoms with E-state index in [0.29, 0.717) is 0 Å². The number of rotatable bonds is 6. The summed E-state index contributed by atoms with van der Waals surface area (Å²) in [5.41, 5.74) is 0.157. The molecule has 1 aliphatic heterocycles. The third-order valence-corrected chi connectivity index (χ3v) is 5.09. The number of carbonyl (C=O) groups excluding carboxylic acids is 1. The Bertz CT molecular complexity index is 708. The molecular formula is C19H25ClN4O2. The summed E-state index contributed by atoms with van der Waals surface area (Å²) in [4.78, 5) is 13.1. The van der Waals surface area contributed by atoms with Crippen LogP contribution in [0.15, 0.2) is 42.7 Å². The largest absolute Gasteiger partial charge is 0.493 e. The lowest BCUT2D eigenvalue weighted by Crippen LogP contribution is -2.52. The molecule has 26 heavy (non-hydrogen) atoms. The van der Waals surface area contributed by atoms with Crippen molar-refractivity contribution in [3.8, 4) is 5.75 Å². The zero-order chi connectivity index (χ0) is 17.1. The van der Waals surface area contributed by atoms with Crippen LogP contribution in [-0.2, 0) is 10.3 Å². The van der Waals surface area contributed by atoms with Crippen molar-refractivity contribution < 1.29 is 9.53 Å². The van der Waals surface area contributed by atoms with Crippen LogP contribution in [0.3, 0.4) is 0 Å². The number of amides is 1. The van der Waals surface area contributed by atoms with Crippen LogP contribution in [0, 0.1) is 5.92 Å². The Morgan fingerprint density at radius 1 is 1.27 bits per heavy atom. The van der Waals surface area contributed by atoms with Crippen molar-refractivity contribution in [1.29, 1.82) is 0 Å². The fourth-order valence-corrected chi connectivity index (χ4v) is 3.30. The predicted molar refractivity (Wildman–Crippen MR) is 103 cm³/mol. The summed E-state index contributed by atoms with van der Waals surface area (Å²) in [5.74, 6) is 1.58.